The van der Waals surface area contributed by atoms with E-state index in [4.69, 9.17) is 4.74 Å². The van der Waals surface area contributed by atoms with E-state index in [0.717, 1.165) is 11.1 Å². The van der Waals surface area contributed by atoms with Gasteiger partial charge < -0.3 is 4.74 Å². The maximum atomic E-state index is 5.15. The largest absolute Gasteiger partial charge is 0.497 e. The van der Waals surface area contributed by atoms with E-state index in [1.165, 1.54) is 11.1 Å². The summed E-state index contributed by atoms with van der Waals surface area (Å²) in [4.78, 5) is 0. The Labute approximate surface area is 110 Å². The third kappa shape index (κ3) is 3.77. The first kappa shape index (κ1) is 14.0. The Morgan fingerprint density at radius 3 is 2.44 bits per heavy atom. The molecular weight excluding hydrogens is 220 g/mol. The lowest BCUT2D eigenvalue weighted by Gasteiger charge is -2.07. The van der Waals surface area contributed by atoms with Crippen LogP contribution in [0.2, 0.25) is 0 Å². The third-order valence-corrected chi connectivity index (χ3v) is 2.80. The van der Waals surface area contributed by atoms with E-state index < -0.39 is 0 Å². The predicted octanol–water partition coefficient (Wildman–Crippen LogP) is 4.84. The van der Waals surface area contributed by atoms with Crippen molar-refractivity contribution in [1.29, 1.82) is 0 Å². The summed E-state index contributed by atoms with van der Waals surface area (Å²) >= 11 is 0. The van der Waals surface area contributed by atoms with Crippen molar-refractivity contribution in [3.05, 3.63) is 72.4 Å². The molecule has 0 radical (unpaired) electrons. The summed E-state index contributed by atoms with van der Waals surface area (Å²) in [5.41, 5.74) is 4.51. The average Bonchev–Trinajstić information content (AvgIpc) is 2.43. The van der Waals surface area contributed by atoms with Crippen LogP contribution in [0.4, 0.5) is 0 Å². The van der Waals surface area contributed by atoms with Gasteiger partial charge in [-0.1, -0.05) is 55.2 Å². The maximum Gasteiger partial charge on any atom is 0.118 e. The monoisotopic (exact) mass is 240 g/mol. The van der Waals surface area contributed by atoms with E-state index in [1.807, 2.05) is 25.1 Å². The van der Waals surface area contributed by atoms with Crippen molar-refractivity contribution in [2.45, 2.75) is 13.8 Å². The van der Waals surface area contributed by atoms with Gasteiger partial charge in [-0.3, -0.25) is 0 Å². The van der Waals surface area contributed by atoms with Crippen LogP contribution in [0.5, 0.6) is 0 Å². The number of hydrogen-bond acceptors (Lipinski definition) is 1. The summed E-state index contributed by atoms with van der Waals surface area (Å²) in [5, 5.41) is 0. The van der Waals surface area contributed by atoms with Crippen LogP contribution in [0.25, 0.3) is 11.3 Å². The van der Waals surface area contributed by atoms with Crippen molar-refractivity contribution >= 4 is 11.3 Å². The predicted molar refractivity (Wildman–Crippen MR) is 80.1 cm³/mol. The molecule has 1 nitrogen and oxygen atoms in total. The molecule has 1 aromatic rings. The van der Waals surface area contributed by atoms with Crippen LogP contribution < -0.4 is 0 Å². The lowest BCUT2D eigenvalue weighted by molar-refractivity contribution is 0.371. The topological polar surface area (TPSA) is 9.23 Å². The van der Waals surface area contributed by atoms with Crippen LogP contribution in [0.1, 0.15) is 25.0 Å². The molecule has 0 saturated carbocycles. The number of allylic oxidation sites excluding steroid dienone is 5. The van der Waals surface area contributed by atoms with E-state index in [1.54, 1.807) is 7.11 Å². The van der Waals surface area contributed by atoms with Crippen molar-refractivity contribution in [2.75, 3.05) is 7.11 Å². The fourth-order valence-corrected chi connectivity index (χ4v) is 1.48. The fraction of sp³-hybridized carbons (Fsp3) is 0.176. The number of benzene rings is 1. The molecule has 0 aliphatic carbocycles. The van der Waals surface area contributed by atoms with Gasteiger partial charge in [0, 0.05) is 5.56 Å². The molecule has 0 amide bonds. The van der Waals surface area contributed by atoms with Gasteiger partial charge in [0.2, 0.25) is 0 Å². The lowest BCUT2D eigenvalue weighted by Crippen LogP contribution is -1.87. The summed E-state index contributed by atoms with van der Waals surface area (Å²) in [6.07, 6.45) is 5.98. The summed E-state index contributed by atoms with van der Waals surface area (Å²) in [6.45, 7) is 11.7. The van der Waals surface area contributed by atoms with Gasteiger partial charge in [0.25, 0.3) is 0 Å². The Hall–Kier alpha value is -2.02. The molecule has 0 heterocycles. The first-order chi connectivity index (χ1) is 8.58. The second-order valence-corrected chi connectivity index (χ2v) is 4.17. The van der Waals surface area contributed by atoms with E-state index in [0.29, 0.717) is 5.76 Å². The van der Waals surface area contributed by atoms with Crippen LogP contribution in [-0.4, -0.2) is 7.11 Å². The van der Waals surface area contributed by atoms with Gasteiger partial charge >= 0.3 is 0 Å². The molecule has 0 aliphatic heterocycles. The van der Waals surface area contributed by atoms with Gasteiger partial charge in [-0.25, -0.2) is 0 Å². The van der Waals surface area contributed by atoms with Gasteiger partial charge in [-0.2, -0.15) is 0 Å². The molecule has 0 bridgehead atoms. The third-order valence-electron chi connectivity index (χ3n) is 2.80. The molecule has 94 valence electrons. The van der Waals surface area contributed by atoms with Gasteiger partial charge in [0.05, 0.1) is 7.11 Å². The zero-order chi connectivity index (χ0) is 13.5. The molecule has 18 heavy (non-hydrogen) atoms. The van der Waals surface area contributed by atoms with E-state index in [2.05, 4.69) is 44.4 Å². The van der Waals surface area contributed by atoms with Gasteiger partial charge in [-0.05, 0) is 31.1 Å². The zero-order valence-corrected chi connectivity index (χ0v) is 11.4. The molecule has 0 saturated heterocycles. The highest BCUT2D eigenvalue weighted by Crippen LogP contribution is 2.20. The smallest absolute Gasteiger partial charge is 0.118 e. The van der Waals surface area contributed by atoms with Crippen molar-refractivity contribution in [2.24, 2.45) is 0 Å². The van der Waals surface area contributed by atoms with Crippen LogP contribution >= 0.6 is 0 Å². The Kier molecular flexibility index (Phi) is 5.19. The number of rotatable bonds is 5. The SMILES string of the molecule is C=C/C(C)=C\C=C(/C)c1cccc(C(=C)OC)c1. The van der Waals surface area contributed by atoms with Crippen molar-refractivity contribution < 1.29 is 4.74 Å². The first-order valence-electron chi connectivity index (χ1n) is 5.89. The summed E-state index contributed by atoms with van der Waals surface area (Å²) in [7, 11) is 1.63. The Morgan fingerprint density at radius 1 is 1.17 bits per heavy atom. The summed E-state index contributed by atoms with van der Waals surface area (Å²) < 4.78 is 5.15. The van der Waals surface area contributed by atoms with Gasteiger partial charge in [0.1, 0.15) is 5.76 Å². The molecule has 0 N–H and O–H groups in total. The number of ether oxygens (including phenoxy) is 1. The highest BCUT2D eigenvalue weighted by atomic mass is 16.5. The van der Waals surface area contributed by atoms with Gasteiger partial charge in [0.15, 0.2) is 0 Å². The van der Waals surface area contributed by atoms with Crippen LogP contribution in [0, 0.1) is 0 Å². The average molecular weight is 240 g/mol. The molecule has 1 aromatic carbocycles. The van der Waals surface area contributed by atoms with E-state index in [9.17, 15) is 0 Å². The van der Waals surface area contributed by atoms with E-state index >= 15 is 0 Å². The molecule has 1 heteroatoms. The minimum atomic E-state index is 0.683. The van der Waals surface area contributed by atoms with Crippen molar-refractivity contribution in [3.8, 4) is 0 Å². The molecule has 0 unspecified atom stereocenters. The minimum Gasteiger partial charge on any atom is -0.497 e. The van der Waals surface area contributed by atoms with Crippen molar-refractivity contribution in [1.82, 2.24) is 0 Å². The van der Waals surface area contributed by atoms with Gasteiger partial charge in [-0.15, -0.1) is 0 Å². The molecule has 0 atom stereocenters. The molecule has 0 aromatic heterocycles. The molecule has 1 rings (SSSR count). The zero-order valence-electron chi connectivity index (χ0n) is 11.4. The minimum absolute atomic E-state index is 0.683. The molecule has 0 spiro atoms. The lowest BCUT2D eigenvalue weighted by atomic mass is 10.0. The second-order valence-electron chi connectivity index (χ2n) is 4.17. The summed E-state index contributed by atoms with van der Waals surface area (Å²) in [5.74, 6) is 0.683. The van der Waals surface area contributed by atoms with Crippen LogP contribution in [0.15, 0.2) is 61.2 Å². The Morgan fingerprint density at radius 2 is 1.83 bits per heavy atom. The second kappa shape index (κ2) is 6.65. The van der Waals surface area contributed by atoms with Crippen LogP contribution in [-0.2, 0) is 4.74 Å². The first-order valence-corrected chi connectivity index (χ1v) is 5.89. The normalized spacial score (nSPS) is 12.2. The summed E-state index contributed by atoms with van der Waals surface area (Å²) in [6, 6.07) is 8.16. The number of hydrogen-bond donors (Lipinski definition) is 0. The fourth-order valence-electron chi connectivity index (χ4n) is 1.48. The Bertz CT molecular complexity index is 504. The maximum absolute atomic E-state index is 5.15. The highest BCUT2D eigenvalue weighted by Gasteiger charge is 2.00. The van der Waals surface area contributed by atoms with E-state index in [-0.39, 0.29) is 0 Å². The molecule has 0 aliphatic rings. The highest BCUT2D eigenvalue weighted by molar-refractivity contribution is 5.69. The van der Waals surface area contributed by atoms with Crippen molar-refractivity contribution in [3.63, 3.8) is 0 Å². The molecule has 0 fully saturated rings. The molecular formula is C17H20O. The standard InChI is InChI=1S/C17H20O/c1-6-13(2)10-11-14(3)16-8-7-9-17(12-16)15(4)18-5/h6-12H,1,4H2,2-3,5H3/b13-10-,14-11+. The quantitative estimate of drug-likeness (QED) is 0.528. The Balaban J connectivity index is 3.03. The number of methoxy groups -OCH3 is 1. The van der Waals surface area contributed by atoms with Crippen LogP contribution in [0.3, 0.4) is 0 Å².